The Morgan fingerprint density at radius 1 is 0.893 bits per heavy atom. The number of rotatable bonds is 6. The highest BCUT2D eigenvalue weighted by molar-refractivity contribution is 7.80. The summed E-state index contributed by atoms with van der Waals surface area (Å²) < 4.78 is 15.9. The Balaban J connectivity index is 1.86. The highest BCUT2D eigenvalue weighted by atomic mass is 32.1. The summed E-state index contributed by atoms with van der Waals surface area (Å²) >= 11 is 10.3. The van der Waals surface area contributed by atoms with Crippen molar-refractivity contribution in [3.8, 4) is 17.2 Å². The first-order valence-electron chi connectivity index (χ1n) is 8.08. The zero-order valence-corrected chi connectivity index (χ0v) is 17.2. The van der Waals surface area contributed by atoms with Gasteiger partial charge in [0.25, 0.3) is 0 Å². The minimum atomic E-state index is 0.237. The Bertz CT molecular complexity index is 821. The van der Waals surface area contributed by atoms with Crippen LogP contribution in [-0.4, -0.2) is 37.8 Å². The van der Waals surface area contributed by atoms with E-state index in [4.69, 9.17) is 38.6 Å². The van der Waals surface area contributed by atoms with E-state index in [1.807, 2.05) is 30.3 Å². The smallest absolute Gasteiger partial charge is 0.205 e. The number of hydrogen-bond acceptors (Lipinski definition) is 6. The zero-order valence-electron chi connectivity index (χ0n) is 15.6. The minimum absolute atomic E-state index is 0.237. The summed E-state index contributed by atoms with van der Waals surface area (Å²) in [5.41, 5.74) is 9.78. The average Bonchev–Trinajstić information content (AvgIpc) is 2.72. The second-order valence-electron chi connectivity index (χ2n) is 5.23. The molecule has 0 aliphatic rings. The first-order valence-corrected chi connectivity index (χ1v) is 8.90. The predicted molar refractivity (Wildman–Crippen MR) is 118 cm³/mol. The highest BCUT2D eigenvalue weighted by Crippen LogP contribution is 2.37. The number of thiocarbonyl (C=S) groups is 2. The fourth-order valence-electron chi connectivity index (χ4n) is 2.17. The Kier molecular flexibility index (Phi) is 8.25. The summed E-state index contributed by atoms with van der Waals surface area (Å²) in [6, 6.07) is 13.1. The predicted octanol–water partition coefficient (Wildman–Crippen LogP) is 2.41. The standard InChI is InChI=1S/C18H21N5O3S2/c1-24-14-9-12(10-15(25-2)16(14)26-3)11-19-21-18(28)23-22-17(27)20-13-7-5-4-6-8-13/h4-11H,1-3H3,(H2,20,22,27)(H2,21,23,28)/b19-11+. The molecule has 0 amide bonds. The Labute approximate surface area is 174 Å². The molecule has 0 spiro atoms. The van der Waals surface area contributed by atoms with Crippen molar-refractivity contribution in [3.05, 3.63) is 48.0 Å². The van der Waals surface area contributed by atoms with E-state index in [0.717, 1.165) is 11.3 Å². The largest absolute Gasteiger partial charge is 0.493 e. The number of hydrogen-bond donors (Lipinski definition) is 4. The number of hydrazine groups is 1. The summed E-state index contributed by atoms with van der Waals surface area (Å²) in [4.78, 5) is 0. The van der Waals surface area contributed by atoms with Gasteiger partial charge in [-0.25, -0.2) is 0 Å². The quantitative estimate of drug-likeness (QED) is 0.320. The van der Waals surface area contributed by atoms with Crippen molar-refractivity contribution in [1.82, 2.24) is 16.3 Å². The van der Waals surface area contributed by atoms with Crippen LogP contribution in [0.2, 0.25) is 0 Å². The zero-order chi connectivity index (χ0) is 20.4. The average molecular weight is 420 g/mol. The van der Waals surface area contributed by atoms with E-state index in [2.05, 4.69) is 26.7 Å². The molecule has 0 aromatic heterocycles. The Hall–Kier alpha value is -3.11. The highest BCUT2D eigenvalue weighted by Gasteiger charge is 2.12. The van der Waals surface area contributed by atoms with Crippen molar-refractivity contribution in [2.75, 3.05) is 26.6 Å². The molecule has 2 aromatic rings. The lowest BCUT2D eigenvalue weighted by atomic mass is 10.2. The molecule has 0 saturated heterocycles. The maximum absolute atomic E-state index is 5.30. The second-order valence-corrected chi connectivity index (χ2v) is 6.04. The van der Waals surface area contributed by atoms with E-state index in [9.17, 15) is 0 Å². The maximum Gasteiger partial charge on any atom is 0.205 e. The van der Waals surface area contributed by atoms with Crippen LogP contribution in [-0.2, 0) is 0 Å². The molecular formula is C18H21N5O3S2. The van der Waals surface area contributed by atoms with Gasteiger partial charge < -0.3 is 19.5 Å². The molecule has 0 aliphatic heterocycles. The van der Waals surface area contributed by atoms with Crippen LogP contribution in [0.3, 0.4) is 0 Å². The molecule has 0 fully saturated rings. The van der Waals surface area contributed by atoms with Crippen LogP contribution >= 0.6 is 24.4 Å². The fraction of sp³-hybridized carbons (Fsp3) is 0.167. The van der Waals surface area contributed by atoms with E-state index in [0.29, 0.717) is 22.4 Å². The number of hydrazone groups is 1. The van der Waals surface area contributed by atoms with E-state index in [-0.39, 0.29) is 5.11 Å². The molecule has 2 aromatic carbocycles. The summed E-state index contributed by atoms with van der Waals surface area (Å²) in [6.45, 7) is 0. The van der Waals surface area contributed by atoms with Gasteiger partial charge in [0.1, 0.15) is 0 Å². The van der Waals surface area contributed by atoms with Gasteiger partial charge in [-0.2, -0.15) is 5.10 Å². The van der Waals surface area contributed by atoms with E-state index >= 15 is 0 Å². The van der Waals surface area contributed by atoms with Gasteiger partial charge in [-0.15, -0.1) is 0 Å². The second kappa shape index (κ2) is 10.9. The molecule has 148 valence electrons. The molecule has 0 unspecified atom stereocenters. The van der Waals surface area contributed by atoms with Gasteiger partial charge in [-0.3, -0.25) is 16.3 Å². The van der Waals surface area contributed by atoms with Crippen molar-refractivity contribution in [1.29, 1.82) is 0 Å². The summed E-state index contributed by atoms with van der Waals surface area (Å²) in [5.74, 6) is 1.57. The van der Waals surface area contributed by atoms with E-state index in [1.165, 1.54) is 0 Å². The van der Waals surface area contributed by atoms with Gasteiger partial charge in [-0.05, 0) is 48.7 Å². The molecule has 0 saturated carbocycles. The lowest BCUT2D eigenvalue weighted by Crippen LogP contribution is -2.47. The molecule has 8 nitrogen and oxygen atoms in total. The fourth-order valence-corrected chi connectivity index (χ4v) is 2.44. The molecule has 2 rings (SSSR count). The lowest BCUT2D eigenvalue weighted by Gasteiger charge is -2.13. The molecule has 0 heterocycles. The van der Waals surface area contributed by atoms with Crippen LogP contribution < -0.4 is 35.8 Å². The molecule has 0 bridgehead atoms. The van der Waals surface area contributed by atoms with Crippen LogP contribution in [0.15, 0.2) is 47.6 Å². The van der Waals surface area contributed by atoms with Crippen molar-refractivity contribution in [2.45, 2.75) is 0 Å². The number of ether oxygens (including phenoxy) is 3. The number of nitrogens with one attached hydrogen (secondary N) is 4. The van der Waals surface area contributed by atoms with Crippen molar-refractivity contribution in [2.24, 2.45) is 5.10 Å². The molecule has 0 aliphatic carbocycles. The summed E-state index contributed by atoms with van der Waals surface area (Å²) in [6.07, 6.45) is 1.57. The molecule has 0 atom stereocenters. The third-order valence-corrected chi connectivity index (χ3v) is 3.79. The summed E-state index contributed by atoms with van der Waals surface area (Å²) in [7, 11) is 4.64. The number of anilines is 1. The lowest BCUT2D eigenvalue weighted by molar-refractivity contribution is 0.324. The molecule has 10 heteroatoms. The number of methoxy groups -OCH3 is 3. The number of para-hydroxylation sites is 1. The van der Waals surface area contributed by atoms with Crippen molar-refractivity contribution < 1.29 is 14.2 Å². The first kappa shape index (κ1) is 21.2. The van der Waals surface area contributed by atoms with Gasteiger partial charge in [0, 0.05) is 11.3 Å². The van der Waals surface area contributed by atoms with Crippen molar-refractivity contribution in [3.63, 3.8) is 0 Å². The molecule has 0 radical (unpaired) electrons. The molecule has 28 heavy (non-hydrogen) atoms. The van der Waals surface area contributed by atoms with E-state index in [1.54, 1.807) is 39.7 Å². The van der Waals surface area contributed by atoms with Crippen LogP contribution in [0, 0.1) is 0 Å². The number of nitrogens with zero attached hydrogens (tertiary/aromatic N) is 1. The monoisotopic (exact) mass is 419 g/mol. The minimum Gasteiger partial charge on any atom is -0.493 e. The summed E-state index contributed by atoms with van der Waals surface area (Å²) in [5, 5.41) is 7.68. The van der Waals surface area contributed by atoms with Gasteiger partial charge in [-0.1, -0.05) is 18.2 Å². The normalized spacial score (nSPS) is 10.1. The van der Waals surface area contributed by atoms with Crippen LogP contribution in [0.5, 0.6) is 17.2 Å². The third kappa shape index (κ3) is 6.25. The number of benzene rings is 2. The van der Waals surface area contributed by atoms with E-state index < -0.39 is 0 Å². The van der Waals surface area contributed by atoms with Crippen molar-refractivity contribution >= 4 is 46.6 Å². The van der Waals surface area contributed by atoms with Gasteiger partial charge in [0.2, 0.25) is 10.9 Å². The topological polar surface area (TPSA) is 88.2 Å². The molecule has 4 N–H and O–H groups in total. The van der Waals surface area contributed by atoms with Crippen LogP contribution in [0.1, 0.15) is 5.56 Å². The SMILES string of the molecule is COc1cc(/C=N/NC(=S)NNC(=S)Nc2ccccc2)cc(OC)c1OC. The van der Waals surface area contributed by atoms with Crippen LogP contribution in [0.25, 0.3) is 0 Å². The van der Waals surface area contributed by atoms with Crippen LogP contribution in [0.4, 0.5) is 5.69 Å². The maximum atomic E-state index is 5.30. The Morgan fingerprint density at radius 3 is 2.07 bits per heavy atom. The first-order chi connectivity index (χ1) is 13.6. The van der Waals surface area contributed by atoms with Gasteiger partial charge in [0.15, 0.2) is 16.6 Å². The Morgan fingerprint density at radius 2 is 1.50 bits per heavy atom. The third-order valence-electron chi connectivity index (χ3n) is 3.39. The van der Waals surface area contributed by atoms with Gasteiger partial charge in [0.05, 0.1) is 27.5 Å². The van der Waals surface area contributed by atoms with Gasteiger partial charge >= 0.3 is 0 Å². The molecular weight excluding hydrogens is 398 g/mol.